The number of primary amides is 1. The van der Waals surface area contributed by atoms with Crippen molar-refractivity contribution in [3.05, 3.63) is 0 Å². The van der Waals surface area contributed by atoms with Crippen molar-refractivity contribution in [1.29, 1.82) is 0 Å². The molecule has 0 fully saturated rings. The number of thiol groups is 1. The Morgan fingerprint density at radius 1 is 0.968 bits per heavy atom. The number of carbonyl (C=O) groups excluding carboxylic acids is 5. The largest absolute Gasteiger partial charge is 0.355 e. The van der Waals surface area contributed by atoms with Crippen LogP contribution in [0.5, 0.6) is 0 Å². The summed E-state index contributed by atoms with van der Waals surface area (Å²) in [4.78, 5) is 58.8. The Kier molecular flexibility index (Phi) is 16.1. The van der Waals surface area contributed by atoms with E-state index in [1.54, 1.807) is 13.8 Å². The van der Waals surface area contributed by atoms with Gasteiger partial charge in [0.15, 0.2) is 0 Å². The number of nitrogens with one attached hydrogen (secondary N) is 4. The first kappa shape index (κ1) is 29.3. The minimum absolute atomic E-state index is 0.109. The second-order valence-electron chi connectivity index (χ2n) is 7.13. The maximum atomic E-state index is 12.7. The van der Waals surface area contributed by atoms with Crippen molar-refractivity contribution < 1.29 is 24.0 Å². The Bertz CT molecular complexity index is 624. The van der Waals surface area contributed by atoms with Gasteiger partial charge in [0.05, 0.1) is 6.04 Å². The third-order valence-electron chi connectivity index (χ3n) is 4.20. The summed E-state index contributed by atoms with van der Waals surface area (Å²) in [7, 11) is 0.696. The Morgan fingerprint density at radius 3 is 2.16 bits per heavy atom. The SMILES string of the molecule is CC(C)[C@H](NC(=O)CCCCNC(=O)CCl)C(=O)N[C@@H](CCCNC(N)=O)C(=O)SS. The number of alkyl halides is 1. The van der Waals surface area contributed by atoms with E-state index < -0.39 is 24.0 Å². The van der Waals surface area contributed by atoms with Crippen LogP contribution in [0.1, 0.15) is 46.0 Å². The molecule has 178 valence electrons. The molecule has 0 aromatic heterocycles. The number of nitrogens with two attached hydrogens (primary N) is 1. The summed E-state index contributed by atoms with van der Waals surface area (Å²) in [5, 5.41) is 10.0. The third kappa shape index (κ3) is 14.1. The first-order chi connectivity index (χ1) is 14.6. The number of carbonyl (C=O) groups is 5. The number of amides is 5. The number of rotatable bonds is 15. The van der Waals surface area contributed by atoms with Crippen molar-refractivity contribution in [1.82, 2.24) is 21.3 Å². The molecule has 31 heavy (non-hydrogen) atoms. The van der Waals surface area contributed by atoms with Crippen molar-refractivity contribution >= 4 is 62.9 Å². The normalized spacial score (nSPS) is 12.5. The van der Waals surface area contributed by atoms with Crippen molar-refractivity contribution in [2.75, 3.05) is 19.0 Å². The molecule has 0 aliphatic carbocycles. The molecule has 0 aliphatic rings. The maximum Gasteiger partial charge on any atom is 0.312 e. The van der Waals surface area contributed by atoms with Gasteiger partial charge >= 0.3 is 6.03 Å². The molecule has 5 amide bonds. The molecule has 0 aromatic rings. The molecule has 0 bridgehead atoms. The Morgan fingerprint density at radius 2 is 1.61 bits per heavy atom. The molecule has 0 rings (SSSR count). The topological polar surface area (TPSA) is 159 Å². The predicted octanol–water partition coefficient (Wildman–Crippen LogP) is 0.690. The highest BCUT2D eigenvalue weighted by Gasteiger charge is 2.28. The van der Waals surface area contributed by atoms with Crippen LogP contribution in [0, 0.1) is 5.92 Å². The Hall–Kier alpha value is -1.66. The van der Waals surface area contributed by atoms with Crippen LogP contribution >= 0.6 is 34.1 Å². The second-order valence-corrected chi connectivity index (χ2v) is 8.53. The molecular weight excluding hydrogens is 466 g/mol. The van der Waals surface area contributed by atoms with Crippen LogP contribution < -0.4 is 27.0 Å². The molecule has 0 aliphatic heterocycles. The van der Waals surface area contributed by atoms with E-state index in [0.717, 1.165) is 0 Å². The molecule has 0 radical (unpaired) electrons. The van der Waals surface area contributed by atoms with Crippen LogP contribution in [-0.4, -0.2) is 59.9 Å². The maximum absolute atomic E-state index is 12.7. The van der Waals surface area contributed by atoms with Gasteiger partial charge < -0.3 is 27.0 Å². The summed E-state index contributed by atoms with van der Waals surface area (Å²) < 4.78 is 0. The molecule has 2 atom stereocenters. The number of hydrogen-bond acceptors (Lipinski definition) is 7. The number of hydrogen-bond donors (Lipinski definition) is 6. The third-order valence-corrected chi connectivity index (χ3v) is 5.45. The fraction of sp³-hybridized carbons (Fsp3) is 0.722. The fourth-order valence-corrected chi connectivity index (χ4v) is 3.34. The zero-order valence-electron chi connectivity index (χ0n) is 17.7. The highest BCUT2D eigenvalue weighted by atomic mass is 35.5. The van der Waals surface area contributed by atoms with Gasteiger partial charge in [0.2, 0.25) is 22.8 Å². The van der Waals surface area contributed by atoms with Gasteiger partial charge in [-0.1, -0.05) is 13.8 Å². The summed E-state index contributed by atoms with van der Waals surface area (Å²) in [6.07, 6.45) is 2.04. The van der Waals surface area contributed by atoms with Crippen LogP contribution in [-0.2, 0) is 19.2 Å². The van der Waals surface area contributed by atoms with E-state index in [4.69, 9.17) is 17.3 Å². The van der Waals surface area contributed by atoms with E-state index in [2.05, 4.69) is 32.9 Å². The molecule has 0 spiro atoms. The highest BCUT2D eigenvalue weighted by molar-refractivity contribution is 8.74. The molecule has 0 aromatic carbocycles. The highest BCUT2D eigenvalue weighted by Crippen LogP contribution is 2.14. The average Bonchev–Trinajstić information content (AvgIpc) is 2.72. The standard InChI is InChI=1S/C18H32ClN5O5S2/c1-11(2)15(24-13(25)7-3-4-8-21-14(26)10-19)16(27)23-12(17(28)31-30)6-5-9-22-18(20)29/h11-12,15,30H,3-10H2,1-2H3,(H,21,26)(H,23,27)(H,24,25)(H3,20,22,29)/t12-,15-/m0/s1. The zero-order chi connectivity index (χ0) is 23.8. The lowest BCUT2D eigenvalue weighted by atomic mass is 10.0. The van der Waals surface area contributed by atoms with Crippen LogP contribution in [0.15, 0.2) is 0 Å². The predicted molar refractivity (Wildman–Crippen MR) is 125 cm³/mol. The molecular formula is C18H32ClN5O5S2. The van der Waals surface area contributed by atoms with Crippen LogP contribution in [0.3, 0.4) is 0 Å². The van der Waals surface area contributed by atoms with Gasteiger partial charge in [-0.05, 0) is 42.4 Å². The van der Waals surface area contributed by atoms with Gasteiger partial charge in [-0.25, -0.2) is 4.79 Å². The summed E-state index contributed by atoms with van der Waals surface area (Å²) >= 11 is 9.28. The quantitative estimate of drug-likeness (QED) is 0.0844. The lowest BCUT2D eigenvalue weighted by Gasteiger charge is -2.24. The van der Waals surface area contributed by atoms with Gasteiger partial charge in [-0.15, -0.1) is 23.3 Å². The minimum atomic E-state index is -0.813. The van der Waals surface area contributed by atoms with E-state index in [1.807, 2.05) is 0 Å². The summed E-state index contributed by atoms with van der Waals surface area (Å²) in [6.45, 7) is 4.25. The molecule has 10 nitrogen and oxygen atoms in total. The van der Waals surface area contributed by atoms with Gasteiger partial charge in [0.25, 0.3) is 0 Å². The summed E-state index contributed by atoms with van der Waals surface area (Å²) in [5.74, 6) is -1.35. The van der Waals surface area contributed by atoms with E-state index in [1.165, 1.54) is 0 Å². The van der Waals surface area contributed by atoms with E-state index >= 15 is 0 Å². The smallest absolute Gasteiger partial charge is 0.312 e. The summed E-state index contributed by atoms with van der Waals surface area (Å²) in [5.41, 5.74) is 5.00. The van der Waals surface area contributed by atoms with Gasteiger partial charge in [-0.2, -0.15) is 0 Å². The first-order valence-electron chi connectivity index (χ1n) is 9.93. The molecule has 0 saturated heterocycles. The van der Waals surface area contributed by atoms with Gasteiger partial charge in [-0.3, -0.25) is 19.2 Å². The van der Waals surface area contributed by atoms with Crippen molar-refractivity contribution in [2.24, 2.45) is 11.7 Å². The fourth-order valence-electron chi connectivity index (χ4n) is 2.56. The number of urea groups is 1. The average molecular weight is 498 g/mol. The molecule has 6 N–H and O–H groups in total. The van der Waals surface area contributed by atoms with Crippen molar-refractivity contribution in [3.8, 4) is 0 Å². The lowest BCUT2D eigenvalue weighted by molar-refractivity contribution is -0.131. The van der Waals surface area contributed by atoms with Crippen molar-refractivity contribution in [3.63, 3.8) is 0 Å². The molecule has 0 unspecified atom stereocenters. The minimum Gasteiger partial charge on any atom is -0.355 e. The van der Waals surface area contributed by atoms with E-state index in [-0.39, 0.29) is 48.1 Å². The summed E-state index contributed by atoms with van der Waals surface area (Å²) in [6, 6.07) is -2.29. The van der Waals surface area contributed by atoms with Crippen molar-refractivity contribution in [2.45, 2.75) is 58.0 Å². The van der Waals surface area contributed by atoms with Gasteiger partial charge in [0, 0.05) is 19.5 Å². The van der Waals surface area contributed by atoms with Crippen LogP contribution in [0.25, 0.3) is 0 Å². The Balaban J connectivity index is 4.66. The number of halogens is 1. The monoisotopic (exact) mass is 497 g/mol. The van der Waals surface area contributed by atoms with E-state index in [0.29, 0.717) is 36.6 Å². The molecule has 0 saturated carbocycles. The first-order valence-corrected chi connectivity index (χ1v) is 12.3. The second kappa shape index (κ2) is 17.0. The van der Waals surface area contributed by atoms with E-state index in [9.17, 15) is 24.0 Å². The van der Waals surface area contributed by atoms with Gasteiger partial charge in [0.1, 0.15) is 11.9 Å². The van der Waals surface area contributed by atoms with Crippen LogP contribution in [0.2, 0.25) is 0 Å². The Labute approximate surface area is 196 Å². The van der Waals surface area contributed by atoms with Crippen LogP contribution in [0.4, 0.5) is 4.79 Å². The number of unbranched alkanes of at least 4 members (excludes halogenated alkanes) is 1. The molecule has 0 heterocycles. The molecule has 13 heteroatoms. The lowest BCUT2D eigenvalue weighted by Crippen LogP contribution is -2.53. The zero-order valence-corrected chi connectivity index (χ0v) is 20.2.